The maximum absolute atomic E-state index is 13.3. The zero-order valence-corrected chi connectivity index (χ0v) is 17.5. The summed E-state index contributed by atoms with van der Waals surface area (Å²) in [5.74, 6) is -0.301. The zero-order chi connectivity index (χ0) is 17.9. The van der Waals surface area contributed by atoms with Crippen LogP contribution in [-0.4, -0.2) is 50.1 Å². The van der Waals surface area contributed by atoms with E-state index in [0.717, 1.165) is 39.0 Å². The topological polar surface area (TPSA) is 75.1 Å². The summed E-state index contributed by atoms with van der Waals surface area (Å²) >= 11 is 0. The predicted octanol–water partition coefficient (Wildman–Crippen LogP) is 2.79. The predicted molar refractivity (Wildman–Crippen MR) is 111 cm³/mol. The highest BCUT2D eigenvalue weighted by molar-refractivity contribution is 14.0. The van der Waals surface area contributed by atoms with Crippen LogP contribution < -0.4 is 10.6 Å². The Balaban J connectivity index is 0.00000338. The summed E-state index contributed by atoms with van der Waals surface area (Å²) in [7, 11) is 0. The number of aliphatic imine (C=N–C) groups is 1. The van der Waals surface area contributed by atoms with E-state index in [1.807, 2.05) is 6.92 Å². The van der Waals surface area contributed by atoms with Crippen LogP contribution >= 0.6 is 24.0 Å². The third-order valence-electron chi connectivity index (χ3n) is 3.86. The lowest BCUT2D eigenvalue weighted by Gasteiger charge is -2.12. The van der Waals surface area contributed by atoms with Crippen molar-refractivity contribution in [1.29, 1.82) is 0 Å². The van der Waals surface area contributed by atoms with Crippen molar-refractivity contribution in [3.05, 3.63) is 29.6 Å². The first-order valence-corrected chi connectivity index (χ1v) is 8.88. The summed E-state index contributed by atoms with van der Waals surface area (Å²) in [5.41, 5.74) is 0.701. The first-order valence-electron chi connectivity index (χ1n) is 8.88. The molecule has 26 heavy (non-hydrogen) atoms. The van der Waals surface area contributed by atoms with Gasteiger partial charge in [0.15, 0.2) is 17.5 Å². The zero-order valence-electron chi connectivity index (χ0n) is 15.2. The maximum Gasteiger partial charge on any atom is 0.191 e. The Bertz CT molecular complexity index is 554. The van der Waals surface area contributed by atoms with Gasteiger partial charge in [0.2, 0.25) is 0 Å². The second-order valence-electron chi connectivity index (χ2n) is 5.97. The molecule has 1 saturated heterocycles. The SMILES string of the molecule is CCNC(=NCc1ccc(O)c(F)c1)NCCCOCC1CCCO1.I. The molecule has 1 fully saturated rings. The Kier molecular flexibility index (Phi) is 11.5. The van der Waals surface area contributed by atoms with Crippen molar-refractivity contribution in [1.82, 2.24) is 10.6 Å². The number of halogens is 2. The first kappa shape index (κ1) is 22.9. The van der Waals surface area contributed by atoms with E-state index >= 15 is 0 Å². The molecule has 1 aliphatic rings. The minimum absolute atomic E-state index is 0. The van der Waals surface area contributed by atoms with Crippen molar-refractivity contribution in [3.63, 3.8) is 0 Å². The smallest absolute Gasteiger partial charge is 0.191 e. The molecular formula is C18H29FIN3O3. The van der Waals surface area contributed by atoms with E-state index in [4.69, 9.17) is 9.47 Å². The number of benzene rings is 1. The number of phenolic OH excluding ortho intramolecular Hbond substituents is 1. The molecule has 0 bridgehead atoms. The van der Waals surface area contributed by atoms with E-state index in [2.05, 4.69) is 15.6 Å². The van der Waals surface area contributed by atoms with Gasteiger partial charge >= 0.3 is 0 Å². The van der Waals surface area contributed by atoms with Crippen LogP contribution in [0, 0.1) is 5.82 Å². The number of guanidine groups is 1. The van der Waals surface area contributed by atoms with Crippen LogP contribution in [0.4, 0.5) is 4.39 Å². The monoisotopic (exact) mass is 481 g/mol. The third-order valence-corrected chi connectivity index (χ3v) is 3.86. The third kappa shape index (κ3) is 8.50. The van der Waals surface area contributed by atoms with E-state index in [9.17, 15) is 9.50 Å². The molecule has 0 aliphatic carbocycles. The maximum atomic E-state index is 13.3. The minimum atomic E-state index is -0.631. The van der Waals surface area contributed by atoms with Crippen molar-refractivity contribution in [3.8, 4) is 5.75 Å². The van der Waals surface area contributed by atoms with E-state index in [1.165, 1.54) is 12.1 Å². The molecule has 1 atom stereocenters. The van der Waals surface area contributed by atoms with Gasteiger partial charge in [0.05, 0.1) is 19.3 Å². The van der Waals surface area contributed by atoms with Gasteiger partial charge in [-0.1, -0.05) is 6.07 Å². The second-order valence-corrected chi connectivity index (χ2v) is 5.97. The molecular weight excluding hydrogens is 452 g/mol. The second kappa shape index (κ2) is 13.1. The average Bonchev–Trinajstić information content (AvgIpc) is 3.12. The van der Waals surface area contributed by atoms with Gasteiger partial charge in [0, 0.05) is 26.3 Å². The summed E-state index contributed by atoms with van der Waals surface area (Å²) in [6, 6.07) is 4.29. The molecule has 1 aliphatic heterocycles. The molecule has 0 saturated carbocycles. The van der Waals surface area contributed by atoms with E-state index < -0.39 is 5.82 Å². The summed E-state index contributed by atoms with van der Waals surface area (Å²) in [6.07, 6.45) is 3.35. The van der Waals surface area contributed by atoms with Crippen LogP contribution in [-0.2, 0) is 16.0 Å². The number of hydrogen-bond acceptors (Lipinski definition) is 4. The van der Waals surface area contributed by atoms with Gasteiger partial charge < -0.3 is 25.2 Å². The Morgan fingerprint density at radius 1 is 1.42 bits per heavy atom. The fraction of sp³-hybridized carbons (Fsp3) is 0.611. The molecule has 6 nitrogen and oxygen atoms in total. The van der Waals surface area contributed by atoms with Crippen LogP contribution in [0.5, 0.6) is 5.75 Å². The van der Waals surface area contributed by atoms with Crippen LogP contribution in [0.15, 0.2) is 23.2 Å². The summed E-state index contributed by atoms with van der Waals surface area (Å²) in [6.45, 7) is 6.00. The molecule has 1 aromatic rings. The molecule has 3 N–H and O–H groups in total. The van der Waals surface area contributed by atoms with Gasteiger partial charge in [-0.3, -0.25) is 0 Å². The minimum Gasteiger partial charge on any atom is -0.505 e. The number of nitrogens with zero attached hydrogens (tertiary/aromatic N) is 1. The summed E-state index contributed by atoms with van der Waals surface area (Å²) < 4.78 is 24.5. The first-order chi connectivity index (χ1) is 12.2. The Morgan fingerprint density at radius 3 is 2.96 bits per heavy atom. The van der Waals surface area contributed by atoms with E-state index in [1.54, 1.807) is 6.07 Å². The fourth-order valence-electron chi connectivity index (χ4n) is 2.53. The van der Waals surface area contributed by atoms with Crippen molar-refractivity contribution in [2.24, 2.45) is 4.99 Å². The molecule has 2 rings (SSSR count). The molecule has 0 spiro atoms. The summed E-state index contributed by atoms with van der Waals surface area (Å²) in [5, 5.41) is 15.6. The fourth-order valence-corrected chi connectivity index (χ4v) is 2.53. The highest BCUT2D eigenvalue weighted by Gasteiger charge is 2.14. The van der Waals surface area contributed by atoms with Crippen molar-refractivity contribution < 1.29 is 19.0 Å². The van der Waals surface area contributed by atoms with Crippen molar-refractivity contribution >= 4 is 29.9 Å². The van der Waals surface area contributed by atoms with Crippen LogP contribution in [0.3, 0.4) is 0 Å². The van der Waals surface area contributed by atoms with E-state index in [0.29, 0.717) is 31.3 Å². The van der Waals surface area contributed by atoms with Crippen molar-refractivity contribution in [2.45, 2.75) is 38.8 Å². The molecule has 8 heteroatoms. The molecule has 0 amide bonds. The normalized spacial score (nSPS) is 17.0. The molecule has 0 radical (unpaired) electrons. The van der Waals surface area contributed by atoms with Crippen LogP contribution in [0.1, 0.15) is 31.7 Å². The molecule has 0 aromatic heterocycles. The Morgan fingerprint density at radius 2 is 2.27 bits per heavy atom. The quantitative estimate of drug-likeness (QED) is 0.219. The van der Waals surface area contributed by atoms with Crippen LogP contribution in [0.2, 0.25) is 0 Å². The number of nitrogens with one attached hydrogen (secondary N) is 2. The number of phenols is 1. The van der Waals surface area contributed by atoms with E-state index in [-0.39, 0.29) is 35.8 Å². The van der Waals surface area contributed by atoms with Gasteiger partial charge in [0.1, 0.15) is 0 Å². The lowest BCUT2D eigenvalue weighted by Crippen LogP contribution is -2.38. The van der Waals surface area contributed by atoms with Gasteiger partial charge in [-0.15, -0.1) is 24.0 Å². The highest BCUT2D eigenvalue weighted by atomic mass is 127. The van der Waals surface area contributed by atoms with Gasteiger partial charge in [-0.2, -0.15) is 0 Å². The van der Waals surface area contributed by atoms with Crippen LogP contribution in [0.25, 0.3) is 0 Å². The highest BCUT2D eigenvalue weighted by Crippen LogP contribution is 2.16. The summed E-state index contributed by atoms with van der Waals surface area (Å²) in [4.78, 5) is 4.42. The Hall–Kier alpha value is -1.13. The number of aromatic hydroxyl groups is 1. The van der Waals surface area contributed by atoms with Gasteiger partial charge in [-0.25, -0.2) is 9.38 Å². The number of ether oxygens (including phenoxy) is 2. The average molecular weight is 481 g/mol. The lowest BCUT2D eigenvalue weighted by atomic mass is 10.2. The standard InChI is InChI=1S/C18H28FN3O3.HI/c1-2-20-18(22-12-14-6-7-17(23)16(19)11-14)21-8-4-9-24-13-15-5-3-10-25-15;/h6-7,11,15,23H,2-5,8-10,12-13H2,1H3,(H2,20,21,22);1H. The number of hydrogen-bond donors (Lipinski definition) is 3. The van der Waals surface area contributed by atoms with Crippen molar-refractivity contribution in [2.75, 3.05) is 32.9 Å². The Labute approximate surface area is 171 Å². The van der Waals surface area contributed by atoms with Gasteiger partial charge in [0.25, 0.3) is 0 Å². The number of rotatable bonds is 9. The molecule has 1 aromatic carbocycles. The largest absolute Gasteiger partial charge is 0.505 e. The molecule has 148 valence electrons. The molecule has 1 unspecified atom stereocenters. The molecule has 1 heterocycles. The lowest BCUT2D eigenvalue weighted by molar-refractivity contribution is 0.0168. The van der Waals surface area contributed by atoms with Gasteiger partial charge in [-0.05, 0) is 43.9 Å².